The van der Waals surface area contributed by atoms with Crippen LogP contribution in [-0.4, -0.2) is 11.6 Å². The summed E-state index contributed by atoms with van der Waals surface area (Å²) >= 11 is 0. The van der Waals surface area contributed by atoms with Crippen LogP contribution in [0, 0.1) is 5.92 Å². The standard InChI is InChI=1S/C14H22S.C3H6.C2H6/c1-7-10(2)11(3)8-14-13(5)12(4)9-15(14)6;1-3-2;1-2/h8,12H,2,6-7,9H2,1,3-5H3;3H,1H2,2H3;1-2H3/b11-8+;;. The fourth-order valence-electron chi connectivity index (χ4n) is 1.76. The SMILES string of the molecule is C=C(CC)/C(C)=C/C1=C(C)C(C)CS1=C.C=CC.CC. The van der Waals surface area contributed by atoms with Crippen molar-refractivity contribution in [3.05, 3.63) is 46.9 Å². The lowest BCUT2D eigenvalue weighted by molar-refractivity contribution is 0.795. The lowest BCUT2D eigenvalue weighted by Crippen LogP contribution is -1.92. The van der Waals surface area contributed by atoms with Crippen LogP contribution >= 0.6 is 10.5 Å². The molecule has 116 valence electrons. The van der Waals surface area contributed by atoms with Gasteiger partial charge >= 0.3 is 0 Å². The van der Waals surface area contributed by atoms with Gasteiger partial charge in [-0.05, 0) is 50.5 Å². The third kappa shape index (κ3) is 7.09. The molecule has 0 spiro atoms. The molecule has 0 aliphatic carbocycles. The molecule has 2 unspecified atom stereocenters. The number of hydrogen-bond acceptors (Lipinski definition) is 0. The Bertz CT molecular complexity index is 394. The van der Waals surface area contributed by atoms with Crippen LogP contribution < -0.4 is 0 Å². The fraction of sp³-hybridized carbons (Fsp3) is 0.526. The Kier molecular flexibility index (Phi) is 12.8. The Labute approximate surface area is 130 Å². The summed E-state index contributed by atoms with van der Waals surface area (Å²) in [5, 5.41) is 0. The van der Waals surface area contributed by atoms with E-state index < -0.39 is 0 Å². The molecule has 0 nitrogen and oxygen atoms in total. The van der Waals surface area contributed by atoms with Gasteiger partial charge in [-0.15, -0.1) is 6.58 Å². The molecule has 0 saturated heterocycles. The Morgan fingerprint density at radius 1 is 1.40 bits per heavy atom. The molecule has 0 aromatic heterocycles. The molecule has 0 aromatic carbocycles. The molecule has 2 atom stereocenters. The monoisotopic (exact) mass is 294 g/mol. The lowest BCUT2D eigenvalue weighted by atomic mass is 10.0. The second kappa shape index (κ2) is 12.0. The van der Waals surface area contributed by atoms with E-state index in [-0.39, 0.29) is 10.5 Å². The normalized spacial score (nSPS) is 21.4. The zero-order valence-corrected chi connectivity index (χ0v) is 15.5. The van der Waals surface area contributed by atoms with Crippen LogP contribution in [0.5, 0.6) is 0 Å². The molecular weight excluding hydrogens is 260 g/mol. The molecule has 1 aliphatic heterocycles. The summed E-state index contributed by atoms with van der Waals surface area (Å²) in [5.74, 6) is 6.19. The molecule has 0 aromatic rings. The zero-order valence-electron chi connectivity index (χ0n) is 14.7. The lowest BCUT2D eigenvalue weighted by Gasteiger charge is -2.06. The highest BCUT2D eigenvalue weighted by Crippen LogP contribution is 2.41. The van der Waals surface area contributed by atoms with Crippen LogP contribution in [0.1, 0.15) is 54.9 Å². The summed E-state index contributed by atoms with van der Waals surface area (Å²) in [6.07, 6.45) is 5.09. The summed E-state index contributed by atoms with van der Waals surface area (Å²) in [5.41, 5.74) is 4.09. The molecule has 0 fully saturated rings. The van der Waals surface area contributed by atoms with E-state index >= 15 is 0 Å². The number of rotatable bonds is 3. The maximum atomic E-state index is 4.25. The minimum atomic E-state index is 0.202. The van der Waals surface area contributed by atoms with Gasteiger partial charge in [0.05, 0.1) is 0 Å². The van der Waals surface area contributed by atoms with Crippen LogP contribution in [0.3, 0.4) is 0 Å². The summed E-state index contributed by atoms with van der Waals surface area (Å²) in [7, 11) is 0.202. The molecule has 0 N–H and O–H groups in total. The van der Waals surface area contributed by atoms with Crippen LogP contribution in [0.2, 0.25) is 0 Å². The van der Waals surface area contributed by atoms with E-state index in [2.05, 4.69) is 52.8 Å². The summed E-state index contributed by atoms with van der Waals surface area (Å²) in [6, 6.07) is 0. The van der Waals surface area contributed by atoms with Crippen molar-refractivity contribution in [2.24, 2.45) is 5.92 Å². The van der Waals surface area contributed by atoms with Crippen LogP contribution in [-0.2, 0) is 0 Å². The highest BCUT2D eigenvalue weighted by molar-refractivity contribution is 8.17. The van der Waals surface area contributed by atoms with Gasteiger partial charge in [-0.1, -0.05) is 57.4 Å². The van der Waals surface area contributed by atoms with Gasteiger partial charge in [0.1, 0.15) is 0 Å². The van der Waals surface area contributed by atoms with Gasteiger partial charge in [-0.3, -0.25) is 0 Å². The fourth-order valence-corrected chi connectivity index (χ4v) is 3.79. The summed E-state index contributed by atoms with van der Waals surface area (Å²) in [6.45, 7) is 22.2. The molecular formula is C19H34S. The molecule has 0 bridgehead atoms. The van der Waals surface area contributed by atoms with Crippen molar-refractivity contribution in [2.75, 3.05) is 5.75 Å². The summed E-state index contributed by atoms with van der Waals surface area (Å²) in [4.78, 5) is 1.47. The van der Waals surface area contributed by atoms with Gasteiger partial charge in [0.25, 0.3) is 0 Å². The molecule has 0 amide bonds. The third-order valence-electron chi connectivity index (χ3n) is 3.22. The predicted molar refractivity (Wildman–Crippen MR) is 102 cm³/mol. The van der Waals surface area contributed by atoms with E-state index in [0.717, 1.165) is 6.42 Å². The van der Waals surface area contributed by atoms with Gasteiger partial charge in [-0.25, -0.2) is 0 Å². The minimum absolute atomic E-state index is 0.202. The molecule has 20 heavy (non-hydrogen) atoms. The van der Waals surface area contributed by atoms with E-state index in [0.29, 0.717) is 5.92 Å². The second-order valence-corrected chi connectivity index (χ2v) is 6.56. The number of allylic oxidation sites excluding steroid dienone is 5. The van der Waals surface area contributed by atoms with E-state index in [1.807, 2.05) is 20.8 Å². The third-order valence-corrected chi connectivity index (χ3v) is 5.19. The number of hydrogen-bond donors (Lipinski definition) is 0. The summed E-state index contributed by atoms with van der Waals surface area (Å²) < 4.78 is 0. The minimum Gasteiger partial charge on any atom is -0.161 e. The van der Waals surface area contributed by atoms with Crippen molar-refractivity contribution in [3.8, 4) is 0 Å². The molecule has 1 aliphatic rings. The van der Waals surface area contributed by atoms with Gasteiger partial charge in [-0.2, -0.15) is 10.5 Å². The highest BCUT2D eigenvalue weighted by atomic mass is 32.2. The van der Waals surface area contributed by atoms with Crippen molar-refractivity contribution in [1.82, 2.24) is 0 Å². The van der Waals surface area contributed by atoms with E-state index in [1.165, 1.54) is 27.4 Å². The van der Waals surface area contributed by atoms with E-state index in [9.17, 15) is 0 Å². The molecule has 0 saturated carbocycles. The Hall–Kier alpha value is -0.820. The Balaban J connectivity index is 0. The molecule has 1 heterocycles. The van der Waals surface area contributed by atoms with Crippen molar-refractivity contribution in [3.63, 3.8) is 0 Å². The smallest absolute Gasteiger partial charge is 0.000623 e. The quantitative estimate of drug-likeness (QED) is 0.307. The first-order chi connectivity index (χ1) is 9.38. The molecule has 1 heteroatoms. The first-order valence-corrected chi connectivity index (χ1v) is 9.10. The maximum Gasteiger partial charge on any atom is 0.000623 e. The van der Waals surface area contributed by atoms with Crippen molar-refractivity contribution in [2.45, 2.75) is 54.9 Å². The largest absolute Gasteiger partial charge is 0.161 e. The Morgan fingerprint density at radius 2 is 1.85 bits per heavy atom. The average molecular weight is 295 g/mol. The van der Waals surface area contributed by atoms with E-state index in [1.54, 1.807) is 6.08 Å². The second-order valence-electron chi connectivity index (χ2n) is 4.80. The van der Waals surface area contributed by atoms with Crippen LogP contribution in [0.4, 0.5) is 0 Å². The topological polar surface area (TPSA) is 0 Å². The molecule has 1 rings (SSSR count). The Morgan fingerprint density at radius 3 is 2.15 bits per heavy atom. The van der Waals surface area contributed by atoms with Crippen molar-refractivity contribution < 1.29 is 0 Å². The highest BCUT2D eigenvalue weighted by Gasteiger charge is 2.19. The van der Waals surface area contributed by atoms with Crippen LogP contribution in [0.15, 0.2) is 46.9 Å². The van der Waals surface area contributed by atoms with Crippen molar-refractivity contribution >= 4 is 16.4 Å². The van der Waals surface area contributed by atoms with Crippen LogP contribution in [0.25, 0.3) is 0 Å². The van der Waals surface area contributed by atoms with Gasteiger partial charge in [0.15, 0.2) is 0 Å². The van der Waals surface area contributed by atoms with Gasteiger partial charge in [0, 0.05) is 4.91 Å². The van der Waals surface area contributed by atoms with Gasteiger partial charge in [0.2, 0.25) is 0 Å². The average Bonchev–Trinajstić information content (AvgIpc) is 2.67. The first-order valence-electron chi connectivity index (χ1n) is 7.53. The van der Waals surface area contributed by atoms with Gasteiger partial charge < -0.3 is 0 Å². The first kappa shape index (κ1) is 21.5. The maximum absolute atomic E-state index is 4.25. The predicted octanol–water partition coefficient (Wildman–Crippen LogP) is 6.74. The van der Waals surface area contributed by atoms with Crippen molar-refractivity contribution in [1.29, 1.82) is 0 Å². The zero-order chi connectivity index (χ0) is 16.3. The van der Waals surface area contributed by atoms with E-state index in [4.69, 9.17) is 0 Å². The molecule has 0 radical (unpaired) electrons.